The average molecular weight is 248 g/mol. The van der Waals surface area contributed by atoms with E-state index in [0.29, 0.717) is 25.9 Å². The van der Waals surface area contributed by atoms with E-state index in [9.17, 15) is 10.0 Å². The number of piperidine rings is 1. The predicted octanol–water partition coefficient (Wildman–Crippen LogP) is 2.34. The standard InChI is InChI=1S/C14H20N2O2/c1-10-3-4-13(9-11(10)2)15-14(17)12-5-7-16(18)8-6-12/h3-4,9,12,18H,5-8H2,1-2H3,(H,15,17). The topological polar surface area (TPSA) is 52.6 Å². The summed E-state index contributed by atoms with van der Waals surface area (Å²) < 4.78 is 0. The highest BCUT2D eigenvalue weighted by Crippen LogP contribution is 2.19. The summed E-state index contributed by atoms with van der Waals surface area (Å²) in [6.07, 6.45) is 1.43. The minimum atomic E-state index is 0.00927. The van der Waals surface area contributed by atoms with E-state index in [1.807, 2.05) is 25.1 Å². The summed E-state index contributed by atoms with van der Waals surface area (Å²) in [5.41, 5.74) is 3.26. The van der Waals surface area contributed by atoms with Gasteiger partial charge in [0.25, 0.3) is 0 Å². The first-order valence-corrected chi connectivity index (χ1v) is 6.38. The average Bonchev–Trinajstić information content (AvgIpc) is 2.34. The Hall–Kier alpha value is -1.39. The number of nitrogens with one attached hydrogen (secondary N) is 1. The van der Waals surface area contributed by atoms with Crippen LogP contribution >= 0.6 is 0 Å². The van der Waals surface area contributed by atoms with Crippen molar-refractivity contribution in [2.24, 2.45) is 5.92 Å². The van der Waals surface area contributed by atoms with E-state index in [0.717, 1.165) is 5.69 Å². The fourth-order valence-electron chi connectivity index (χ4n) is 2.19. The number of amides is 1. The van der Waals surface area contributed by atoms with E-state index in [1.54, 1.807) is 0 Å². The molecule has 4 heteroatoms. The number of aryl methyl sites for hydroxylation is 2. The third kappa shape index (κ3) is 3.09. The Labute approximate surface area is 108 Å². The first-order valence-electron chi connectivity index (χ1n) is 6.38. The maximum absolute atomic E-state index is 12.1. The van der Waals surface area contributed by atoms with Crippen LogP contribution in [0.2, 0.25) is 0 Å². The smallest absolute Gasteiger partial charge is 0.227 e. The lowest BCUT2D eigenvalue weighted by atomic mass is 9.97. The van der Waals surface area contributed by atoms with Crippen molar-refractivity contribution in [2.45, 2.75) is 26.7 Å². The Morgan fingerprint density at radius 1 is 1.28 bits per heavy atom. The lowest BCUT2D eigenvalue weighted by Crippen LogP contribution is -2.36. The molecule has 1 saturated heterocycles. The van der Waals surface area contributed by atoms with Gasteiger partial charge in [-0.1, -0.05) is 6.07 Å². The van der Waals surface area contributed by atoms with Crippen LogP contribution in [0.3, 0.4) is 0 Å². The molecule has 1 aliphatic rings. The number of anilines is 1. The summed E-state index contributed by atoms with van der Waals surface area (Å²) in [5.74, 6) is 0.0707. The van der Waals surface area contributed by atoms with E-state index >= 15 is 0 Å². The third-order valence-corrected chi connectivity index (χ3v) is 3.62. The summed E-state index contributed by atoms with van der Waals surface area (Å²) in [4.78, 5) is 12.1. The highest BCUT2D eigenvalue weighted by molar-refractivity contribution is 5.92. The van der Waals surface area contributed by atoms with Crippen molar-refractivity contribution in [3.05, 3.63) is 29.3 Å². The second-order valence-electron chi connectivity index (χ2n) is 5.02. The molecule has 4 nitrogen and oxygen atoms in total. The molecule has 1 aromatic carbocycles. The Morgan fingerprint density at radius 2 is 1.94 bits per heavy atom. The molecule has 2 N–H and O–H groups in total. The lowest BCUT2D eigenvalue weighted by molar-refractivity contribution is -0.132. The summed E-state index contributed by atoms with van der Waals surface area (Å²) >= 11 is 0. The van der Waals surface area contributed by atoms with E-state index in [4.69, 9.17) is 0 Å². The van der Waals surface area contributed by atoms with Crippen molar-refractivity contribution in [3.8, 4) is 0 Å². The molecule has 1 heterocycles. The fraction of sp³-hybridized carbons (Fsp3) is 0.500. The van der Waals surface area contributed by atoms with Gasteiger partial charge in [0.05, 0.1) is 0 Å². The van der Waals surface area contributed by atoms with Crippen LogP contribution in [-0.4, -0.2) is 29.3 Å². The molecule has 0 aromatic heterocycles. The van der Waals surface area contributed by atoms with Gasteiger partial charge in [0, 0.05) is 24.7 Å². The quantitative estimate of drug-likeness (QED) is 0.844. The van der Waals surface area contributed by atoms with Crippen LogP contribution in [0.1, 0.15) is 24.0 Å². The molecule has 0 unspecified atom stereocenters. The molecule has 1 fully saturated rings. The second kappa shape index (κ2) is 5.50. The minimum Gasteiger partial charge on any atom is -0.326 e. The fourth-order valence-corrected chi connectivity index (χ4v) is 2.19. The molecule has 0 atom stereocenters. The molecule has 1 amide bonds. The molecule has 2 rings (SSSR count). The Bertz CT molecular complexity index is 437. The number of carbonyl (C=O) groups is 1. The van der Waals surface area contributed by atoms with Crippen molar-refractivity contribution in [1.82, 2.24) is 5.06 Å². The molecule has 18 heavy (non-hydrogen) atoms. The Balaban J connectivity index is 1.96. The number of benzene rings is 1. The molecular formula is C14H20N2O2. The number of hydrogen-bond donors (Lipinski definition) is 2. The highest BCUT2D eigenvalue weighted by atomic mass is 16.5. The number of rotatable bonds is 2. The van der Waals surface area contributed by atoms with Crippen LogP contribution in [-0.2, 0) is 4.79 Å². The van der Waals surface area contributed by atoms with Gasteiger partial charge in [-0.15, -0.1) is 0 Å². The Morgan fingerprint density at radius 3 is 2.56 bits per heavy atom. The largest absolute Gasteiger partial charge is 0.326 e. The normalized spacial score (nSPS) is 17.7. The van der Waals surface area contributed by atoms with Crippen LogP contribution in [0.5, 0.6) is 0 Å². The van der Waals surface area contributed by atoms with E-state index in [1.165, 1.54) is 16.2 Å². The zero-order valence-electron chi connectivity index (χ0n) is 10.9. The van der Waals surface area contributed by atoms with Crippen molar-refractivity contribution in [2.75, 3.05) is 18.4 Å². The molecule has 0 spiro atoms. The molecular weight excluding hydrogens is 228 g/mol. The van der Waals surface area contributed by atoms with Crippen molar-refractivity contribution < 1.29 is 10.0 Å². The summed E-state index contributed by atoms with van der Waals surface area (Å²) in [6, 6.07) is 5.94. The van der Waals surface area contributed by atoms with Gasteiger partial charge in [-0.2, -0.15) is 5.06 Å². The van der Waals surface area contributed by atoms with E-state index in [-0.39, 0.29) is 11.8 Å². The van der Waals surface area contributed by atoms with Crippen LogP contribution in [0.15, 0.2) is 18.2 Å². The van der Waals surface area contributed by atoms with Gasteiger partial charge in [0.15, 0.2) is 0 Å². The predicted molar refractivity (Wildman–Crippen MR) is 70.6 cm³/mol. The van der Waals surface area contributed by atoms with Crippen LogP contribution < -0.4 is 5.32 Å². The number of carbonyl (C=O) groups excluding carboxylic acids is 1. The van der Waals surface area contributed by atoms with Crippen LogP contribution in [0.25, 0.3) is 0 Å². The monoisotopic (exact) mass is 248 g/mol. The number of hydroxylamine groups is 2. The number of nitrogens with zero attached hydrogens (tertiary/aromatic N) is 1. The molecule has 1 aromatic rings. The van der Waals surface area contributed by atoms with Crippen LogP contribution in [0, 0.1) is 19.8 Å². The molecule has 0 saturated carbocycles. The SMILES string of the molecule is Cc1ccc(NC(=O)C2CCN(O)CC2)cc1C. The minimum absolute atomic E-state index is 0.00927. The van der Waals surface area contributed by atoms with Crippen molar-refractivity contribution in [1.29, 1.82) is 0 Å². The van der Waals surface area contributed by atoms with Crippen molar-refractivity contribution in [3.63, 3.8) is 0 Å². The van der Waals surface area contributed by atoms with Crippen LogP contribution in [0.4, 0.5) is 5.69 Å². The lowest BCUT2D eigenvalue weighted by Gasteiger charge is -2.26. The molecule has 0 bridgehead atoms. The second-order valence-corrected chi connectivity index (χ2v) is 5.02. The Kier molecular flexibility index (Phi) is 3.99. The molecule has 1 aliphatic heterocycles. The van der Waals surface area contributed by atoms with Gasteiger partial charge >= 0.3 is 0 Å². The van der Waals surface area contributed by atoms with Gasteiger partial charge < -0.3 is 10.5 Å². The van der Waals surface area contributed by atoms with Crippen molar-refractivity contribution >= 4 is 11.6 Å². The first-order chi connectivity index (χ1) is 8.56. The third-order valence-electron chi connectivity index (χ3n) is 3.62. The molecule has 98 valence electrons. The summed E-state index contributed by atoms with van der Waals surface area (Å²) in [6.45, 7) is 5.24. The highest BCUT2D eigenvalue weighted by Gasteiger charge is 2.24. The van der Waals surface area contributed by atoms with E-state index in [2.05, 4.69) is 12.2 Å². The van der Waals surface area contributed by atoms with Gasteiger partial charge in [0.1, 0.15) is 0 Å². The van der Waals surface area contributed by atoms with Gasteiger partial charge in [-0.05, 0) is 49.9 Å². The number of hydrogen-bond acceptors (Lipinski definition) is 3. The van der Waals surface area contributed by atoms with E-state index < -0.39 is 0 Å². The molecule has 0 aliphatic carbocycles. The summed E-state index contributed by atoms with van der Waals surface area (Å²) in [7, 11) is 0. The maximum atomic E-state index is 12.1. The zero-order valence-corrected chi connectivity index (χ0v) is 10.9. The first kappa shape index (κ1) is 13.1. The van der Waals surface area contributed by atoms with Gasteiger partial charge in [-0.25, -0.2) is 0 Å². The molecule has 0 radical (unpaired) electrons. The van der Waals surface area contributed by atoms with Gasteiger partial charge in [-0.3, -0.25) is 4.79 Å². The summed E-state index contributed by atoms with van der Waals surface area (Å²) in [5, 5.41) is 13.5. The maximum Gasteiger partial charge on any atom is 0.227 e. The van der Waals surface area contributed by atoms with Gasteiger partial charge in [0.2, 0.25) is 5.91 Å². The zero-order chi connectivity index (χ0) is 13.1.